The number of ketones is 4. The monoisotopic (exact) mass is 960 g/mol. The van der Waals surface area contributed by atoms with Gasteiger partial charge in [0.05, 0.1) is 0 Å². The van der Waals surface area contributed by atoms with Crippen molar-refractivity contribution in [3.63, 3.8) is 0 Å². The summed E-state index contributed by atoms with van der Waals surface area (Å²) in [6.45, 7) is 31.2. The number of hydrogen-bond donors (Lipinski definition) is 0. The zero-order valence-electron chi connectivity index (χ0n) is 40.6. The van der Waals surface area contributed by atoms with Gasteiger partial charge in [-0.05, 0) is 51.4 Å². The summed E-state index contributed by atoms with van der Waals surface area (Å²) in [4.78, 5) is 84.0. The number of carboxylic acids is 4. The molecule has 0 aliphatic carbocycles. The molecule has 0 radical (unpaired) electrons. The first-order valence-corrected chi connectivity index (χ1v) is 24.3. The molecular weight excluding hydrogens is 880 g/mol. The van der Waals surface area contributed by atoms with Crippen molar-refractivity contribution in [1.29, 1.82) is 0 Å². The van der Waals surface area contributed by atoms with Crippen molar-refractivity contribution in [3.05, 3.63) is 0 Å². The van der Waals surface area contributed by atoms with Gasteiger partial charge < -0.3 is 39.6 Å². The molecule has 0 spiro atoms. The van der Waals surface area contributed by atoms with Gasteiger partial charge in [0, 0.05) is 73.2 Å². The maximum absolute atomic E-state index is 11.0. The average Bonchev–Trinajstić information content (AvgIpc) is 3.13. The Morgan fingerprint density at radius 2 is 0.452 bits per heavy atom. The van der Waals surface area contributed by atoms with Gasteiger partial charge >= 0.3 is 133 Å². The van der Waals surface area contributed by atoms with E-state index in [2.05, 4.69) is 0 Å². The third kappa shape index (κ3) is 55.8. The molecule has 0 bridgehead atoms. The fourth-order valence-electron chi connectivity index (χ4n) is 4.56. The van der Waals surface area contributed by atoms with Crippen LogP contribution >= 0.6 is 0 Å². The molecule has 0 rings (SSSR count). The van der Waals surface area contributed by atoms with E-state index in [1.807, 2.05) is 111 Å². The van der Waals surface area contributed by atoms with Crippen molar-refractivity contribution >= 4 is 47.0 Å². The predicted octanol–water partition coefficient (Wildman–Crippen LogP) is 4.02. The van der Waals surface area contributed by atoms with Gasteiger partial charge in [-0.2, -0.15) is 0 Å². The van der Waals surface area contributed by atoms with Crippen LogP contribution in [0.25, 0.3) is 0 Å². The Morgan fingerprint density at radius 1 is 0.323 bits per heavy atom. The quantitative estimate of drug-likeness (QED) is 0.0791. The van der Waals surface area contributed by atoms with Crippen molar-refractivity contribution < 1.29 is 112 Å². The molecule has 360 valence electrons. The van der Waals surface area contributed by atoms with Crippen LogP contribution in [0.1, 0.15) is 188 Å². The average molecular weight is 961 g/mol. The molecule has 0 unspecified atom stereocenters. The van der Waals surface area contributed by atoms with Gasteiger partial charge in [0.25, 0.3) is 0 Å². The Bertz CT molecular complexity index is 997. The fourth-order valence-corrected chi connectivity index (χ4v) is 5.94. The fraction of sp³-hybridized carbons (Fsp3) is 0.818. The first-order chi connectivity index (χ1) is 28.7. The van der Waals surface area contributed by atoms with E-state index in [0.717, 1.165) is 0 Å². The molecule has 0 atom stereocenters. The number of carbonyl (C=O) groups excluding carboxylic acids is 8. The Hall–Kier alpha value is -2.17. The SMILES string of the molecule is CC(C)[O][Ti+2][O]C(C)C.CC(C)[O][Ti+2][O]C(C)C.CCC(CC)C(=O)CC(=O)[O-].CCC(CC)C(=O)CC(=O)[O-].CCC(CC)C(=O)CC(=O)[O-].CCC(CC)C(=O)CC(=O)[O-]. The van der Waals surface area contributed by atoms with Crippen molar-refractivity contribution in [2.24, 2.45) is 23.7 Å². The number of hydrogen-bond acceptors (Lipinski definition) is 16. The summed E-state index contributed by atoms with van der Waals surface area (Å²) in [5.74, 6) is -6.37. The molecule has 0 aliphatic heterocycles. The molecule has 0 aromatic rings. The first-order valence-electron chi connectivity index (χ1n) is 21.7. The predicted molar refractivity (Wildman–Crippen MR) is 220 cm³/mol. The number of carboxylic acid groups (broad SMARTS) is 4. The van der Waals surface area contributed by atoms with Crippen LogP contribution in [0.3, 0.4) is 0 Å². The molecule has 0 amide bonds. The molecule has 0 fully saturated rings. The number of rotatable bonds is 28. The molecule has 16 nitrogen and oxygen atoms in total. The Kier molecular flexibility index (Phi) is 55.7. The second kappa shape index (κ2) is 48.3. The summed E-state index contributed by atoms with van der Waals surface area (Å²) in [5, 5.41) is 40.1. The van der Waals surface area contributed by atoms with Gasteiger partial charge in [-0.15, -0.1) is 0 Å². The molecule has 0 heterocycles. The van der Waals surface area contributed by atoms with Gasteiger partial charge in [0.2, 0.25) is 0 Å². The normalized spacial score (nSPS) is 10.2. The largest absolute Gasteiger partial charge is 0.550 e. The van der Waals surface area contributed by atoms with E-state index >= 15 is 0 Å². The van der Waals surface area contributed by atoms with E-state index in [1.54, 1.807) is 0 Å². The maximum Gasteiger partial charge on any atom is 0.141 e. The third-order valence-corrected chi connectivity index (χ3v) is 11.7. The van der Waals surface area contributed by atoms with Crippen LogP contribution in [-0.4, -0.2) is 71.4 Å². The van der Waals surface area contributed by atoms with Crippen LogP contribution in [0, 0.1) is 23.7 Å². The van der Waals surface area contributed by atoms with Crippen LogP contribution in [0.5, 0.6) is 0 Å². The minimum absolute atomic E-state index is 0.104. The zero-order valence-corrected chi connectivity index (χ0v) is 43.8. The molecule has 0 N–H and O–H groups in total. The van der Waals surface area contributed by atoms with E-state index in [-0.39, 0.29) is 46.8 Å². The summed E-state index contributed by atoms with van der Waals surface area (Å²) in [5.41, 5.74) is 0. The van der Waals surface area contributed by atoms with Gasteiger partial charge in [0.15, 0.2) is 0 Å². The minimum Gasteiger partial charge on any atom is -0.550 e. The van der Waals surface area contributed by atoms with E-state index in [1.165, 1.54) is 0 Å². The van der Waals surface area contributed by atoms with Gasteiger partial charge in [-0.25, -0.2) is 0 Å². The zero-order chi connectivity index (χ0) is 50.0. The van der Waals surface area contributed by atoms with E-state index in [9.17, 15) is 58.8 Å². The van der Waals surface area contributed by atoms with Gasteiger partial charge in [-0.1, -0.05) is 55.4 Å². The van der Waals surface area contributed by atoms with Crippen molar-refractivity contribution in [2.75, 3.05) is 0 Å². The summed E-state index contributed by atoms with van der Waals surface area (Å²) in [7, 11) is 0. The summed E-state index contributed by atoms with van der Waals surface area (Å²) in [6, 6.07) is 0. The van der Waals surface area contributed by atoms with Crippen LogP contribution in [-0.2, 0) is 91.5 Å². The van der Waals surface area contributed by atoms with Crippen LogP contribution in [0.15, 0.2) is 0 Å². The van der Waals surface area contributed by atoms with E-state index in [0.29, 0.717) is 75.8 Å². The smallest absolute Gasteiger partial charge is 0.141 e. The molecule has 0 saturated carbocycles. The van der Waals surface area contributed by atoms with E-state index in [4.69, 9.17) is 13.3 Å². The Labute approximate surface area is 392 Å². The van der Waals surface area contributed by atoms with Crippen molar-refractivity contribution in [3.8, 4) is 0 Å². The summed E-state index contributed by atoms with van der Waals surface area (Å²) < 4.78 is 21.0. The maximum atomic E-state index is 11.0. The van der Waals surface area contributed by atoms with Gasteiger partial charge in [-0.3, -0.25) is 19.2 Å². The number of aliphatic carboxylic acids is 4. The first kappa shape index (κ1) is 71.5. The van der Waals surface area contributed by atoms with Crippen molar-refractivity contribution in [1.82, 2.24) is 0 Å². The molecule has 62 heavy (non-hydrogen) atoms. The molecule has 0 aromatic heterocycles. The van der Waals surface area contributed by atoms with Gasteiger partial charge in [0.1, 0.15) is 23.1 Å². The van der Waals surface area contributed by atoms with E-state index < -0.39 is 89.4 Å². The topological polar surface area (TPSA) is 266 Å². The second-order valence-electron chi connectivity index (χ2n) is 14.9. The molecule has 0 saturated heterocycles. The number of Topliss-reactive ketones (excluding diaryl/α,β-unsaturated/α-hetero) is 4. The Balaban J connectivity index is -0.000000152. The second-order valence-corrected chi connectivity index (χ2v) is 16.9. The van der Waals surface area contributed by atoms with Crippen molar-refractivity contribution in [2.45, 2.75) is 212 Å². The third-order valence-electron chi connectivity index (χ3n) is 8.17. The molecule has 0 aromatic carbocycles. The minimum atomic E-state index is -1.28. The summed E-state index contributed by atoms with van der Waals surface area (Å²) in [6.07, 6.45) is 5.23. The molecule has 18 heteroatoms. The number of carbonyl (C=O) groups is 8. The van der Waals surface area contributed by atoms with Crippen LogP contribution < -0.4 is 20.4 Å². The standard InChI is InChI=1S/4C8H14O3.4C3H7O.2Ti/c4*1-3-6(4-2)7(9)5-8(10)11;4*1-3(2)4;;/h4*6H,3-5H2,1-2H3,(H,10,11);4*3H,1-2H3;;/q;;;;4*-1;2*+4/p-4. The molecular formula is C44H80O16Ti2. The summed E-state index contributed by atoms with van der Waals surface area (Å²) >= 11 is -1.15. The molecule has 0 aliphatic rings. The Morgan fingerprint density at radius 3 is 0.532 bits per heavy atom. The van der Waals surface area contributed by atoms with Crippen LogP contribution in [0.4, 0.5) is 0 Å². The van der Waals surface area contributed by atoms with Crippen LogP contribution in [0.2, 0.25) is 0 Å².